The van der Waals surface area contributed by atoms with Crippen LogP contribution in [0.3, 0.4) is 0 Å². The molecule has 0 saturated heterocycles. The van der Waals surface area contributed by atoms with Gasteiger partial charge in [0.1, 0.15) is 0 Å². The summed E-state index contributed by atoms with van der Waals surface area (Å²) in [4.78, 5) is 2.55. The predicted octanol–water partition coefficient (Wildman–Crippen LogP) is 7.18. The molecular formula is C32H28NSiZr. The van der Waals surface area contributed by atoms with Crippen molar-refractivity contribution in [2.45, 2.75) is 31.6 Å². The van der Waals surface area contributed by atoms with E-state index in [9.17, 15) is 0 Å². The number of anilines is 1. The molecule has 0 N–H and O–H groups in total. The van der Waals surface area contributed by atoms with Crippen LogP contribution >= 0.6 is 0 Å². The fourth-order valence-electron chi connectivity index (χ4n) is 7.24. The Morgan fingerprint density at radius 3 is 1.89 bits per heavy atom. The summed E-state index contributed by atoms with van der Waals surface area (Å²) < 4.78 is 1.53. The first-order chi connectivity index (χ1) is 16.9. The molecule has 0 aromatic heterocycles. The number of hydrogen-bond acceptors (Lipinski definition) is 1. The Labute approximate surface area is 224 Å². The average Bonchev–Trinajstić information content (AvgIpc) is 3.48. The molecule has 1 unspecified atom stereocenters. The van der Waals surface area contributed by atoms with E-state index in [4.69, 9.17) is 0 Å². The molecule has 7 rings (SSSR count). The Balaban J connectivity index is 1.56. The van der Waals surface area contributed by atoms with Crippen molar-refractivity contribution in [3.05, 3.63) is 118 Å². The minimum atomic E-state index is -2.05. The monoisotopic (exact) mass is 544 g/mol. The van der Waals surface area contributed by atoms with Crippen molar-refractivity contribution in [3.63, 3.8) is 0 Å². The van der Waals surface area contributed by atoms with E-state index < -0.39 is 8.07 Å². The van der Waals surface area contributed by atoms with Crippen molar-refractivity contribution in [1.82, 2.24) is 0 Å². The molecule has 1 heterocycles. The molecule has 3 heteroatoms. The number of likely N-dealkylation sites (N-methyl/N-ethyl adjacent to an activating group) is 1. The Morgan fingerprint density at radius 2 is 1.26 bits per heavy atom. The van der Waals surface area contributed by atoms with Gasteiger partial charge in [-0.15, -0.1) is 0 Å². The van der Waals surface area contributed by atoms with Crippen LogP contribution in [0.1, 0.15) is 45.0 Å². The molecule has 0 radical (unpaired) electrons. The van der Waals surface area contributed by atoms with Gasteiger partial charge in [0.2, 0.25) is 0 Å². The van der Waals surface area contributed by atoms with Gasteiger partial charge in [-0.1, -0.05) is 0 Å². The summed E-state index contributed by atoms with van der Waals surface area (Å²) in [5.74, 6) is 0. The zero-order chi connectivity index (χ0) is 24.1. The molecule has 0 saturated carbocycles. The van der Waals surface area contributed by atoms with E-state index >= 15 is 0 Å². The van der Waals surface area contributed by atoms with E-state index in [0.717, 1.165) is 0 Å². The summed E-state index contributed by atoms with van der Waals surface area (Å²) >= 11 is 1.51. The van der Waals surface area contributed by atoms with Crippen molar-refractivity contribution < 1.29 is 24.7 Å². The fourth-order valence-corrected chi connectivity index (χ4v) is 12.3. The van der Waals surface area contributed by atoms with Crippen LogP contribution < -0.4 is 8.17 Å². The van der Waals surface area contributed by atoms with E-state index in [1.54, 1.807) is 10.8 Å². The summed E-state index contributed by atoms with van der Waals surface area (Å²) in [5, 5.41) is 1.68. The first kappa shape index (κ1) is 21.8. The molecule has 169 valence electrons. The summed E-state index contributed by atoms with van der Waals surface area (Å²) in [7, 11) is 0.249. The molecule has 0 bridgehead atoms. The number of rotatable bonds is 2. The van der Waals surface area contributed by atoms with E-state index in [2.05, 4.69) is 117 Å². The first-order valence-corrected chi connectivity index (χ1v) is 16.8. The first-order valence-electron chi connectivity index (χ1n) is 12.5. The second-order valence-electron chi connectivity index (χ2n) is 10.9. The topological polar surface area (TPSA) is 3.24 Å². The molecule has 0 amide bonds. The molecule has 3 aliphatic rings. The van der Waals surface area contributed by atoms with Crippen LogP contribution in [-0.2, 0) is 24.7 Å². The normalized spacial score (nSPS) is 17.8. The zero-order valence-electron chi connectivity index (χ0n) is 20.7. The van der Waals surface area contributed by atoms with Gasteiger partial charge in [0.15, 0.2) is 0 Å². The number of hydrogen-bond donors (Lipinski definition) is 0. The quantitative estimate of drug-likeness (QED) is 0.241. The number of fused-ring (bicyclic) bond motifs is 8. The summed E-state index contributed by atoms with van der Waals surface area (Å²) in [6.45, 7) is 7.55. The third-order valence-electron chi connectivity index (χ3n) is 8.70. The molecule has 35 heavy (non-hydrogen) atoms. The summed E-state index contributed by atoms with van der Waals surface area (Å²) in [5.41, 5.74) is 15.3. The van der Waals surface area contributed by atoms with Gasteiger partial charge in [-0.3, -0.25) is 0 Å². The number of nitrogens with zero attached hydrogens (tertiary/aromatic N) is 1. The van der Waals surface area contributed by atoms with Gasteiger partial charge >= 0.3 is 226 Å². The minimum absolute atomic E-state index is 0.330. The maximum atomic E-state index is 2.63. The van der Waals surface area contributed by atoms with Gasteiger partial charge in [-0.05, 0) is 0 Å². The molecule has 4 aromatic rings. The van der Waals surface area contributed by atoms with E-state index in [1.807, 2.05) is 0 Å². The predicted molar refractivity (Wildman–Crippen MR) is 146 cm³/mol. The van der Waals surface area contributed by atoms with Crippen molar-refractivity contribution in [2.75, 3.05) is 11.9 Å². The molecule has 0 fully saturated rings. The van der Waals surface area contributed by atoms with Crippen LogP contribution in [0.15, 0.2) is 84.9 Å². The number of aryl methyl sites for hydroxylation is 1. The van der Waals surface area contributed by atoms with Gasteiger partial charge in [0, 0.05) is 0 Å². The molecule has 0 spiro atoms. The molecule has 1 atom stereocenters. The van der Waals surface area contributed by atoms with Gasteiger partial charge < -0.3 is 0 Å². The average molecular weight is 546 g/mol. The zero-order valence-corrected chi connectivity index (χ0v) is 24.1. The number of benzene rings is 4. The van der Waals surface area contributed by atoms with Crippen molar-refractivity contribution in [3.8, 4) is 11.1 Å². The Hall–Kier alpha value is -2.48. The van der Waals surface area contributed by atoms with Crippen molar-refractivity contribution >= 4 is 27.8 Å². The standard InChI is InChI=1S/C32H28NSi.Zr/c1-20-17-18-28-27(19-20)29-30(33(28)2)23-13-7-10-16-26(23)32(29)34(3,4)31-24-14-8-5-11-21(24)22-12-6-9-15-25(22)31;/h5-18,30-31H,1-4H3;. The molecular weight excluding hydrogens is 518 g/mol. The van der Waals surface area contributed by atoms with Crippen LogP contribution in [0.5, 0.6) is 0 Å². The second kappa shape index (κ2) is 7.51. The molecule has 2 aliphatic carbocycles. The van der Waals surface area contributed by atoms with Crippen LogP contribution in [0.2, 0.25) is 13.1 Å². The maximum absolute atomic E-state index is 2.63. The van der Waals surface area contributed by atoms with Crippen LogP contribution in [0.4, 0.5) is 5.69 Å². The van der Waals surface area contributed by atoms with Gasteiger partial charge in [-0.25, -0.2) is 0 Å². The van der Waals surface area contributed by atoms with Gasteiger partial charge in [-0.2, -0.15) is 0 Å². The van der Waals surface area contributed by atoms with Gasteiger partial charge in [0.05, 0.1) is 0 Å². The fraction of sp³-hybridized carbons (Fsp3) is 0.188. The SMILES string of the molecule is Cc1ccc2c([c]1[Zr])C1=C([Si](C)(C)C3c4ccccc4-c4ccccc43)c3ccccc3C1N2C. The van der Waals surface area contributed by atoms with E-state index in [-0.39, 0.29) is 0 Å². The summed E-state index contributed by atoms with van der Waals surface area (Å²) in [6, 6.07) is 32.6. The second-order valence-corrected chi connectivity index (χ2v) is 16.6. The third-order valence-corrected chi connectivity index (χ3v) is 14.2. The van der Waals surface area contributed by atoms with Crippen molar-refractivity contribution in [2.24, 2.45) is 0 Å². The van der Waals surface area contributed by atoms with E-state index in [0.29, 0.717) is 11.6 Å². The third kappa shape index (κ3) is 2.77. The van der Waals surface area contributed by atoms with E-state index in [1.165, 1.54) is 78.2 Å². The van der Waals surface area contributed by atoms with Crippen LogP contribution in [-0.4, -0.2) is 15.1 Å². The Bertz CT molecular complexity index is 1540. The van der Waals surface area contributed by atoms with Gasteiger partial charge in [0.25, 0.3) is 0 Å². The molecule has 1 nitrogen and oxygen atoms in total. The Kier molecular flexibility index (Phi) is 4.67. The molecule has 1 aliphatic heterocycles. The van der Waals surface area contributed by atoms with Crippen LogP contribution in [0, 0.1) is 6.92 Å². The van der Waals surface area contributed by atoms with Crippen molar-refractivity contribution in [1.29, 1.82) is 0 Å². The Morgan fingerprint density at radius 1 is 0.714 bits per heavy atom. The summed E-state index contributed by atoms with van der Waals surface area (Å²) in [6.07, 6.45) is 0. The van der Waals surface area contributed by atoms with Crippen LogP contribution in [0.25, 0.3) is 21.9 Å². The molecule has 4 aromatic carbocycles.